The van der Waals surface area contributed by atoms with E-state index < -0.39 is 11.8 Å². The summed E-state index contributed by atoms with van der Waals surface area (Å²) in [5.74, 6) is 4.37. The van der Waals surface area contributed by atoms with Gasteiger partial charge in [-0.25, -0.2) is 9.78 Å². The summed E-state index contributed by atoms with van der Waals surface area (Å²) in [5.41, 5.74) is 1.29. The number of benzene rings is 1. The first-order chi connectivity index (χ1) is 10.1. The summed E-state index contributed by atoms with van der Waals surface area (Å²) in [4.78, 5) is 27.0. The number of esters is 1. The number of hydrogen-bond acceptors (Lipinski definition) is 4. The molecule has 0 fully saturated rings. The molecule has 0 amide bonds. The van der Waals surface area contributed by atoms with Crippen LogP contribution in [0.4, 0.5) is 0 Å². The second-order valence-electron chi connectivity index (χ2n) is 3.99. The number of ether oxygens (including phenoxy) is 1. The molecule has 0 saturated carbocycles. The van der Waals surface area contributed by atoms with E-state index in [2.05, 4.69) is 21.6 Å². The number of methoxy groups -OCH3 is 1. The fourth-order valence-electron chi connectivity index (χ4n) is 1.56. The smallest absolute Gasteiger partial charge is 0.337 e. The lowest BCUT2D eigenvalue weighted by molar-refractivity contribution is 0.0600. The summed E-state index contributed by atoms with van der Waals surface area (Å²) in [6.07, 6.45) is 1.50. The SMILES string of the molecule is COC(=O)c1ccc(C#CC(=O)c2cccnc2Cl)cc1. The number of halogens is 1. The Balaban J connectivity index is 2.18. The fraction of sp³-hybridized carbons (Fsp3) is 0.0625. The van der Waals surface area contributed by atoms with E-state index >= 15 is 0 Å². The Morgan fingerprint density at radius 3 is 2.52 bits per heavy atom. The number of rotatable bonds is 2. The first kappa shape index (κ1) is 14.8. The molecule has 21 heavy (non-hydrogen) atoms. The molecule has 2 aromatic rings. The number of ketones is 1. The number of pyridine rings is 1. The van der Waals surface area contributed by atoms with Crippen molar-refractivity contribution in [3.8, 4) is 11.8 Å². The Morgan fingerprint density at radius 1 is 1.19 bits per heavy atom. The third-order valence-corrected chi connectivity index (χ3v) is 2.93. The second kappa shape index (κ2) is 6.69. The van der Waals surface area contributed by atoms with Crippen LogP contribution in [0.15, 0.2) is 42.6 Å². The molecule has 1 heterocycles. The average Bonchev–Trinajstić information content (AvgIpc) is 2.52. The maximum absolute atomic E-state index is 11.9. The number of Topliss-reactive ketones (excluding diaryl/α,β-unsaturated/α-hetero) is 1. The number of aromatic nitrogens is 1. The van der Waals surface area contributed by atoms with Crippen LogP contribution in [0.3, 0.4) is 0 Å². The quantitative estimate of drug-likeness (QED) is 0.370. The van der Waals surface area contributed by atoms with Gasteiger partial charge in [-0.15, -0.1) is 0 Å². The van der Waals surface area contributed by atoms with Crippen molar-refractivity contribution in [1.82, 2.24) is 4.98 Å². The molecule has 0 spiro atoms. The minimum atomic E-state index is -0.423. The third-order valence-electron chi connectivity index (χ3n) is 2.63. The molecular weight excluding hydrogens is 290 g/mol. The molecule has 0 N–H and O–H groups in total. The molecule has 5 heteroatoms. The van der Waals surface area contributed by atoms with Crippen LogP contribution in [0, 0.1) is 11.8 Å². The molecule has 0 aliphatic rings. The Labute approximate surface area is 126 Å². The molecule has 0 aliphatic carbocycles. The van der Waals surface area contributed by atoms with Crippen molar-refractivity contribution in [3.63, 3.8) is 0 Å². The van der Waals surface area contributed by atoms with Gasteiger partial charge in [-0.05, 0) is 42.3 Å². The molecule has 1 aromatic heterocycles. The van der Waals surface area contributed by atoms with Crippen LogP contribution < -0.4 is 0 Å². The maximum Gasteiger partial charge on any atom is 0.337 e. The standard InChI is InChI=1S/C16H10ClNO3/c1-21-16(20)12-7-4-11(5-8-12)6-9-14(19)13-3-2-10-18-15(13)17/h2-5,7-8,10H,1H3. The summed E-state index contributed by atoms with van der Waals surface area (Å²) in [5, 5.41) is 0.123. The zero-order valence-electron chi connectivity index (χ0n) is 11.1. The van der Waals surface area contributed by atoms with Gasteiger partial charge in [0.15, 0.2) is 0 Å². The van der Waals surface area contributed by atoms with Gasteiger partial charge in [0, 0.05) is 11.8 Å². The predicted octanol–water partition coefficient (Wildman–Crippen LogP) is 2.76. The molecule has 4 nitrogen and oxygen atoms in total. The molecule has 2 rings (SSSR count). The van der Waals surface area contributed by atoms with Crippen molar-refractivity contribution in [2.24, 2.45) is 0 Å². The molecular formula is C16H10ClNO3. The molecule has 0 atom stereocenters. The van der Waals surface area contributed by atoms with Crippen molar-refractivity contribution >= 4 is 23.4 Å². The zero-order valence-corrected chi connectivity index (χ0v) is 11.8. The van der Waals surface area contributed by atoms with Gasteiger partial charge in [0.1, 0.15) is 5.15 Å². The zero-order chi connectivity index (χ0) is 15.2. The Morgan fingerprint density at radius 2 is 1.90 bits per heavy atom. The lowest BCUT2D eigenvalue weighted by Crippen LogP contribution is -2.00. The highest BCUT2D eigenvalue weighted by atomic mass is 35.5. The van der Waals surface area contributed by atoms with Crippen LogP contribution in [0.2, 0.25) is 5.15 Å². The maximum atomic E-state index is 11.9. The van der Waals surface area contributed by atoms with Gasteiger partial charge < -0.3 is 4.74 Å². The van der Waals surface area contributed by atoms with Crippen LogP contribution in [0.25, 0.3) is 0 Å². The van der Waals surface area contributed by atoms with Crippen LogP contribution in [-0.2, 0) is 4.74 Å². The van der Waals surface area contributed by atoms with Gasteiger partial charge in [-0.3, -0.25) is 4.79 Å². The highest BCUT2D eigenvalue weighted by molar-refractivity contribution is 6.33. The van der Waals surface area contributed by atoms with E-state index in [1.807, 2.05) is 0 Å². The average molecular weight is 300 g/mol. The van der Waals surface area contributed by atoms with Gasteiger partial charge in [-0.2, -0.15) is 0 Å². The lowest BCUT2D eigenvalue weighted by atomic mass is 10.1. The van der Waals surface area contributed by atoms with E-state index in [1.54, 1.807) is 36.4 Å². The molecule has 0 unspecified atom stereocenters. The van der Waals surface area contributed by atoms with E-state index in [-0.39, 0.29) is 10.7 Å². The van der Waals surface area contributed by atoms with Crippen molar-refractivity contribution < 1.29 is 14.3 Å². The predicted molar refractivity (Wildman–Crippen MR) is 78.2 cm³/mol. The van der Waals surface area contributed by atoms with Crippen molar-refractivity contribution in [2.75, 3.05) is 7.11 Å². The normalized spacial score (nSPS) is 9.43. The minimum Gasteiger partial charge on any atom is -0.465 e. The minimum absolute atomic E-state index is 0.123. The molecule has 0 radical (unpaired) electrons. The fourth-order valence-corrected chi connectivity index (χ4v) is 1.76. The largest absolute Gasteiger partial charge is 0.465 e. The molecule has 0 aliphatic heterocycles. The van der Waals surface area contributed by atoms with E-state index in [4.69, 9.17) is 11.6 Å². The molecule has 104 valence electrons. The summed E-state index contributed by atoms with van der Waals surface area (Å²) >= 11 is 5.82. The topological polar surface area (TPSA) is 56.3 Å². The van der Waals surface area contributed by atoms with E-state index in [1.165, 1.54) is 13.3 Å². The summed E-state index contributed by atoms with van der Waals surface area (Å²) in [6.45, 7) is 0. The van der Waals surface area contributed by atoms with E-state index in [0.29, 0.717) is 11.1 Å². The van der Waals surface area contributed by atoms with Gasteiger partial charge in [0.2, 0.25) is 5.78 Å². The third kappa shape index (κ3) is 3.68. The number of carbonyl (C=O) groups excluding carboxylic acids is 2. The van der Waals surface area contributed by atoms with Crippen molar-refractivity contribution in [2.45, 2.75) is 0 Å². The number of hydrogen-bond donors (Lipinski definition) is 0. The lowest BCUT2D eigenvalue weighted by Gasteiger charge is -1.98. The highest BCUT2D eigenvalue weighted by Gasteiger charge is 2.07. The number of nitrogens with zero attached hydrogens (tertiary/aromatic N) is 1. The monoisotopic (exact) mass is 299 g/mol. The summed E-state index contributed by atoms with van der Waals surface area (Å²) in [7, 11) is 1.31. The van der Waals surface area contributed by atoms with E-state index in [0.717, 1.165) is 0 Å². The Hall–Kier alpha value is -2.64. The van der Waals surface area contributed by atoms with Crippen molar-refractivity contribution in [3.05, 3.63) is 64.4 Å². The highest BCUT2D eigenvalue weighted by Crippen LogP contribution is 2.12. The van der Waals surface area contributed by atoms with Crippen LogP contribution in [0.5, 0.6) is 0 Å². The molecule has 1 aromatic carbocycles. The van der Waals surface area contributed by atoms with Crippen LogP contribution >= 0.6 is 11.6 Å². The second-order valence-corrected chi connectivity index (χ2v) is 4.35. The van der Waals surface area contributed by atoms with Gasteiger partial charge in [0.05, 0.1) is 18.2 Å². The Bertz CT molecular complexity index is 742. The van der Waals surface area contributed by atoms with Crippen LogP contribution in [0.1, 0.15) is 26.3 Å². The Kier molecular flexibility index (Phi) is 4.70. The van der Waals surface area contributed by atoms with E-state index in [9.17, 15) is 9.59 Å². The summed E-state index contributed by atoms with van der Waals surface area (Å²) < 4.78 is 4.59. The molecule has 0 bridgehead atoms. The van der Waals surface area contributed by atoms with Crippen molar-refractivity contribution in [1.29, 1.82) is 0 Å². The first-order valence-electron chi connectivity index (χ1n) is 5.97. The van der Waals surface area contributed by atoms with Crippen LogP contribution in [-0.4, -0.2) is 23.8 Å². The summed E-state index contributed by atoms with van der Waals surface area (Å²) in [6, 6.07) is 9.61. The molecule has 0 saturated heterocycles. The number of carbonyl (C=O) groups is 2. The van der Waals surface area contributed by atoms with Gasteiger partial charge >= 0.3 is 5.97 Å². The van der Waals surface area contributed by atoms with Gasteiger partial charge in [0.25, 0.3) is 0 Å². The van der Waals surface area contributed by atoms with Gasteiger partial charge in [-0.1, -0.05) is 17.5 Å². The first-order valence-corrected chi connectivity index (χ1v) is 6.35.